The first kappa shape index (κ1) is 14.4. The van der Waals surface area contributed by atoms with Gasteiger partial charge in [0.1, 0.15) is 5.75 Å². The van der Waals surface area contributed by atoms with Crippen LogP contribution < -0.4 is 10.1 Å². The molecule has 0 aliphatic heterocycles. The van der Waals surface area contributed by atoms with Gasteiger partial charge in [-0.05, 0) is 43.8 Å². The topological polar surface area (TPSA) is 21.3 Å². The standard InChI is InChI=1S/C14H23NOS/c1-4-9-17-11-14(15-3)12-7-6-8-13(10-12)16-5-2/h6-8,10,14-15H,4-5,9,11H2,1-3H3. The Morgan fingerprint density at radius 2 is 2.18 bits per heavy atom. The molecule has 0 saturated heterocycles. The largest absolute Gasteiger partial charge is 0.494 e. The van der Waals surface area contributed by atoms with E-state index in [9.17, 15) is 0 Å². The number of thioether (sulfide) groups is 1. The molecule has 3 heteroatoms. The van der Waals surface area contributed by atoms with Crippen molar-refractivity contribution in [2.45, 2.75) is 26.3 Å². The molecule has 96 valence electrons. The highest BCUT2D eigenvalue weighted by Crippen LogP contribution is 2.22. The van der Waals surface area contributed by atoms with E-state index in [0.29, 0.717) is 6.04 Å². The Morgan fingerprint density at radius 1 is 1.35 bits per heavy atom. The zero-order valence-corrected chi connectivity index (χ0v) is 11.8. The Morgan fingerprint density at radius 3 is 2.82 bits per heavy atom. The van der Waals surface area contributed by atoms with Crippen LogP contribution in [0.4, 0.5) is 0 Å². The second kappa shape index (κ2) is 8.43. The predicted octanol–water partition coefficient (Wildman–Crippen LogP) is 3.49. The van der Waals surface area contributed by atoms with Gasteiger partial charge >= 0.3 is 0 Å². The highest BCUT2D eigenvalue weighted by atomic mass is 32.2. The van der Waals surface area contributed by atoms with Gasteiger partial charge in [0.05, 0.1) is 6.61 Å². The quantitative estimate of drug-likeness (QED) is 0.717. The van der Waals surface area contributed by atoms with Gasteiger partial charge in [0.15, 0.2) is 0 Å². The van der Waals surface area contributed by atoms with Crippen molar-refractivity contribution in [1.82, 2.24) is 5.32 Å². The van der Waals surface area contributed by atoms with E-state index >= 15 is 0 Å². The van der Waals surface area contributed by atoms with Gasteiger partial charge in [-0.25, -0.2) is 0 Å². The van der Waals surface area contributed by atoms with Gasteiger partial charge in [0.25, 0.3) is 0 Å². The normalized spacial score (nSPS) is 12.4. The molecular formula is C14H23NOS. The Bertz CT molecular complexity index is 317. The lowest BCUT2D eigenvalue weighted by molar-refractivity contribution is 0.339. The molecule has 0 heterocycles. The van der Waals surface area contributed by atoms with Crippen LogP contribution in [0.25, 0.3) is 0 Å². The van der Waals surface area contributed by atoms with Gasteiger partial charge in [-0.15, -0.1) is 0 Å². The van der Waals surface area contributed by atoms with E-state index in [0.717, 1.165) is 18.1 Å². The summed E-state index contributed by atoms with van der Waals surface area (Å²) in [5, 5.41) is 3.37. The fraction of sp³-hybridized carbons (Fsp3) is 0.571. The Hall–Kier alpha value is -0.670. The molecule has 0 aromatic heterocycles. The van der Waals surface area contributed by atoms with Crippen molar-refractivity contribution in [3.05, 3.63) is 29.8 Å². The second-order valence-corrected chi connectivity index (χ2v) is 5.07. The molecule has 0 aliphatic carbocycles. The third-order valence-corrected chi connectivity index (χ3v) is 3.82. The summed E-state index contributed by atoms with van der Waals surface area (Å²) >= 11 is 2.00. The van der Waals surface area contributed by atoms with E-state index in [1.165, 1.54) is 17.7 Å². The van der Waals surface area contributed by atoms with Crippen molar-refractivity contribution in [2.75, 3.05) is 25.2 Å². The van der Waals surface area contributed by atoms with E-state index in [-0.39, 0.29) is 0 Å². The van der Waals surface area contributed by atoms with E-state index in [4.69, 9.17) is 4.74 Å². The van der Waals surface area contributed by atoms with E-state index in [1.54, 1.807) is 0 Å². The first-order valence-electron chi connectivity index (χ1n) is 6.29. The molecule has 0 saturated carbocycles. The van der Waals surface area contributed by atoms with Crippen molar-refractivity contribution >= 4 is 11.8 Å². The van der Waals surface area contributed by atoms with Crippen molar-refractivity contribution in [3.63, 3.8) is 0 Å². The summed E-state index contributed by atoms with van der Waals surface area (Å²) in [5.74, 6) is 3.30. The fourth-order valence-electron chi connectivity index (χ4n) is 1.68. The Balaban J connectivity index is 2.63. The molecule has 0 radical (unpaired) electrons. The van der Waals surface area contributed by atoms with Crippen LogP contribution >= 0.6 is 11.8 Å². The monoisotopic (exact) mass is 253 g/mol. The number of rotatable bonds is 8. The molecule has 0 amide bonds. The number of ether oxygens (including phenoxy) is 1. The van der Waals surface area contributed by atoms with Crippen LogP contribution in [0.15, 0.2) is 24.3 Å². The molecule has 0 fully saturated rings. The minimum absolute atomic E-state index is 0.409. The maximum atomic E-state index is 5.53. The summed E-state index contributed by atoms with van der Waals surface area (Å²) in [6.07, 6.45) is 1.24. The van der Waals surface area contributed by atoms with Crippen LogP contribution in [0.5, 0.6) is 5.75 Å². The average molecular weight is 253 g/mol. The number of hydrogen-bond acceptors (Lipinski definition) is 3. The molecule has 1 aromatic carbocycles. The smallest absolute Gasteiger partial charge is 0.119 e. The van der Waals surface area contributed by atoms with Crippen LogP contribution in [0, 0.1) is 0 Å². The van der Waals surface area contributed by atoms with Gasteiger partial charge in [-0.2, -0.15) is 11.8 Å². The zero-order valence-electron chi connectivity index (χ0n) is 11.0. The van der Waals surface area contributed by atoms with Crippen LogP contribution in [-0.4, -0.2) is 25.2 Å². The highest BCUT2D eigenvalue weighted by molar-refractivity contribution is 7.99. The van der Waals surface area contributed by atoms with Crippen molar-refractivity contribution in [3.8, 4) is 5.75 Å². The molecule has 17 heavy (non-hydrogen) atoms. The highest BCUT2D eigenvalue weighted by Gasteiger charge is 2.09. The number of hydrogen-bond donors (Lipinski definition) is 1. The minimum Gasteiger partial charge on any atom is -0.494 e. The van der Waals surface area contributed by atoms with Gasteiger partial charge in [0, 0.05) is 11.8 Å². The zero-order chi connectivity index (χ0) is 12.5. The summed E-state index contributed by atoms with van der Waals surface area (Å²) in [5.41, 5.74) is 1.31. The average Bonchev–Trinajstić information content (AvgIpc) is 2.35. The maximum absolute atomic E-state index is 5.53. The maximum Gasteiger partial charge on any atom is 0.119 e. The van der Waals surface area contributed by atoms with Gasteiger partial charge in [-0.1, -0.05) is 19.1 Å². The molecule has 1 rings (SSSR count). The van der Waals surface area contributed by atoms with E-state index < -0.39 is 0 Å². The Labute approximate surface area is 109 Å². The lowest BCUT2D eigenvalue weighted by atomic mass is 10.1. The van der Waals surface area contributed by atoms with E-state index in [1.807, 2.05) is 31.8 Å². The summed E-state index contributed by atoms with van der Waals surface area (Å²) in [7, 11) is 2.02. The molecule has 1 unspecified atom stereocenters. The van der Waals surface area contributed by atoms with E-state index in [2.05, 4.69) is 30.4 Å². The van der Waals surface area contributed by atoms with Crippen LogP contribution in [0.3, 0.4) is 0 Å². The Kier molecular flexibility index (Phi) is 7.13. The van der Waals surface area contributed by atoms with Gasteiger partial charge < -0.3 is 10.1 Å². The molecule has 0 aliphatic rings. The summed E-state index contributed by atoms with van der Waals surface area (Å²) in [6, 6.07) is 8.79. The van der Waals surface area contributed by atoms with Crippen LogP contribution in [-0.2, 0) is 0 Å². The second-order valence-electron chi connectivity index (χ2n) is 3.92. The van der Waals surface area contributed by atoms with Crippen molar-refractivity contribution < 1.29 is 4.74 Å². The van der Waals surface area contributed by atoms with Gasteiger partial charge in [0.2, 0.25) is 0 Å². The fourth-order valence-corrected chi connectivity index (χ4v) is 2.73. The molecule has 1 atom stereocenters. The molecular weight excluding hydrogens is 230 g/mol. The first-order chi connectivity index (χ1) is 8.31. The number of nitrogens with one attached hydrogen (secondary N) is 1. The van der Waals surface area contributed by atoms with Crippen molar-refractivity contribution in [2.24, 2.45) is 0 Å². The van der Waals surface area contributed by atoms with Crippen LogP contribution in [0.1, 0.15) is 31.9 Å². The summed E-state index contributed by atoms with van der Waals surface area (Å²) < 4.78 is 5.53. The molecule has 0 spiro atoms. The third-order valence-electron chi connectivity index (χ3n) is 2.55. The lowest BCUT2D eigenvalue weighted by Crippen LogP contribution is -2.19. The SMILES string of the molecule is CCCSCC(NC)c1cccc(OCC)c1. The molecule has 0 bridgehead atoms. The van der Waals surface area contributed by atoms with Crippen molar-refractivity contribution in [1.29, 1.82) is 0 Å². The predicted molar refractivity (Wildman–Crippen MR) is 77.0 cm³/mol. The molecule has 1 aromatic rings. The lowest BCUT2D eigenvalue weighted by Gasteiger charge is -2.17. The molecule has 1 N–H and O–H groups in total. The summed E-state index contributed by atoms with van der Waals surface area (Å²) in [6.45, 7) is 4.95. The molecule has 2 nitrogen and oxygen atoms in total. The number of benzene rings is 1. The van der Waals surface area contributed by atoms with Crippen LogP contribution in [0.2, 0.25) is 0 Å². The summed E-state index contributed by atoms with van der Waals surface area (Å²) in [4.78, 5) is 0. The third kappa shape index (κ3) is 5.00. The first-order valence-corrected chi connectivity index (χ1v) is 7.45. The minimum atomic E-state index is 0.409. The van der Waals surface area contributed by atoms with Gasteiger partial charge in [-0.3, -0.25) is 0 Å².